The van der Waals surface area contributed by atoms with Crippen molar-refractivity contribution in [3.63, 3.8) is 0 Å². The van der Waals surface area contributed by atoms with Crippen LogP contribution in [-0.4, -0.2) is 31.3 Å². The maximum Gasteiger partial charge on any atom is 0.134 e. The van der Waals surface area contributed by atoms with Gasteiger partial charge in [0.15, 0.2) is 0 Å². The van der Waals surface area contributed by atoms with Gasteiger partial charge in [0.1, 0.15) is 5.78 Å². The summed E-state index contributed by atoms with van der Waals surface area (Å²) < 4.78 is 0. The molecule has 2 nitrogen and oxygen atoms in total. The Morgan fingerprint density at radius 2 is 0.864 bits per heavy atom. The van der Waals surface area contributed by atoms with Gasteiger partial charge in [-0.25, -0.2) is 0 Å². The largest absolute Gasteiger partial charge is 0.309 e. The highest BCUT2D eigenvalue weighted by atomic mass is 16.1. The fourth-order valence-corrected chi connectivity index (χ4v) is 5.73. The molecule has 0 aromatic heterocycles. The third kappa shape index (κ3) is 35.1. The van der Waals surface area contributed by atoms with Crippen LogP contribution >= 0.6 is 0 Å². The van der Waals surface area contributed by atoms with E-state index in [1.54, 1.807) is 0 Å². The van der Waals surface area contributed by atoms with Gasteiger partial charge in [0.25, 0.3) is 0 Å². The molecule has 0 aliphatic carbocycles. The van der Waals surface area contributed by atoms with E-state index < -0.39 is 0 Å². The second kappa shape index (κ2) is 36.1. The smallest absolute Gasteiger partial charge is 0.134 e. The molecule has 0 aliphatic heterocycles. The van der Waals surface area contributed by atoms with Crippen LogP contribution in [0.5, 0.6) is 0 Å². The molecule has 0 spiro atoms. The molecule has 0 heterocycles. The summed E-state index contributed by atoms with van der Waals surface area (Å²) in [7, 11) is 4.12. The molecule has 0 aromatic rings. The summed E-state index contributed by atoms with van der Waals surface area (Å²) in [5.41, 5.74) is 0. The Morgan fingerprint density at radius 3 is 1.27 bits per heavy atom. The first-order valence-electron chi connectivity index (χ1n) is 19.4. The normalized spacial score (nSPS) is 12.5. The predicted octanol–water partition coefficient (Wildman–Crippen LogP) is 13.5. The third-order valence-electron chi connectivity index (χ3n) is 8.80. The Labute approximate surface area is 277 Å². The second-order valence-corrected chi connectivity index (χ2v) is 13.5. The first kappa shape index (κ1) is 42.6. The van der Waals surface area contributed by atoms with Gasteiger partial charge in [-0.15, -0.1) is 0 Å². The van der Waals surface area contributed by atoms with E-state index in [-0.39, 0.29) is 0 Å². The van der Waals surface area contributed by atoms with E-state index in [9.17, 15) is 4.79 Å². The van der Waals surface area contributed by atoms with Gasteiger partial charge in [0, 0.05) is 19.4 Å². The molecule has 0 aromatic carbocycles. The Bertz CT molecular complexity index is 655. The highest BCUT2D eigenvalue weighted by molar-refractivity contribution is 5.78. The zero-order valence-corrected chi connectivity index (χ0v) is 30.4. The number of ketones is 1. The van der Waals surface area contributed by atoms with Crippen LogP contribution in [0.15, 0.2) is 48.6 Å². The maximum absolute atomic E-state index is 12.4. The fourth-order valence-electron chi connectivity index (χ4n) is 5.73. The molecular formula is C42H77NO. The summed E-state index contributed by atoms with van der Waals surface area (Å²) in [4.78, 5) is 14.6. The molecule has 0 atom stereocenters. The summed E-state index contributed by atoms with van der Waals surface area (Å²) >= 11 is 0. The molecular weight excluding hydrogens is 534 g/mol. The molecule has 0 N–H and O–H groups in total. The van der Waals surface area contributed by atoms with Crippen LogP contribution in [-0.2, 0) is 4.79 Å². The van der Waals surface area contributed by atoms with Gasteiger partial charge in [0.05, 0.1) is 0 Å². The van der Waals surface area contributed by atoms with E-state index >= 15 is 0 Å². The van der Waals surface area contributed by atoms with E-state index in [2.05, 4.69) is 81.5 Å². The van der Waals surface area contributed by atoms with Crippen LogP contribution in [0.4, 0.5) is 0 Å². The van der Waals surface area contributed by atoms with E-state index in [1.807, 2.05) is 0 Å². The van der Waals surface area contributed by atoms with Crippen LogP contribution in [0.25, 0.3) is 0 Å². The van der Waals surface area contributed by atoms with E-state index in [1.165, 1.54) is 141 Å². The van der Waals surface area contributed by atoms with Crippen LogP contribution < -0.4 is 0 Å². The molecule has 0 fully saturated rings. The van der Waals surface area contributed by atoms with Crippen LogP contribution in [0, 0.1) is 5.92 Å². The summed E-state index contributed by atoms with van der Waals surface area (Å²) in [6, 6.07) is 0. The third-order valence-corrected chi connectivity index (χ3v) is 8.80. The van der Waals surface area contributed by atoms with Crippen LogP contribution in [0.3, 0.4) is 0 Å². The zero-order chi connectivity index (χ0) is 32.2. The molecule has 0 rings (SSSR count). The Morgan fingerprint density at radius 1 is 0.477 bits per heavy atom. The van der Waals surface area contributed by atoms with Gasteiger partial charge in [-0.3, -0.25) is 4.79 Å². The fraction of sp³-hybridized carbons (Fsp3) is 0.786. The lowest BCUT2D eigenvalue weighted by Gasteiger charge is -2.17. The molecule has 0 unspecified atom stereocenters. The minimum absolute atomic E-state index is 0.465. The molecule has 0 aliphatic rings. The number of carbonyl (C=O) groups is 1. The molecule has 2 heteroatoms. The van der Waals surface area contributed by atoms with Gasteiger partial charge in [0.2, 0.25) is 0 Å². The molecule has 0 bridgehead atoms. The standard InChI is InChI=1S/C42H77NO/c1-5-7-9-11-13-15-17-19-21-23-25-27-29-31-33-35-41(37-38-42(44)39-40-43(3)4)36-34-32-30-28-26-24-22-20-18-16-14-12-10-8-6-2/h11-14,17-20,41H,5-10,15-16,21-40H2,1-4H3/b13-11-,14-12-,19-17-,20-18-. The highest BCUT2D eigenvalue weighted by Gasteiger charge is 2.12. The van der Waals surface area contributed by atoms with Gasteiger partial charge < -0.3 is 4.90 Å². The summed E-state index contributed by atoms with van der Waals surface area (Å²) in [5, 5.41) is 0. The molecule has 0 saturated heterocycles. The SMILES string of the molecule is CCCC/C=C\C/C=C\CCCCCCCCC(CCCCCCCC/C=C\C/C=C\CCCC)CCC(=O)CCN(C)C. The number of unbranched alkanes of at least 4 members (excludes halogenated alkanes) is 16. The van der Waals surface area contributed by atoms with Crippen molar-refractivity contribution in [2.45, 2.75) is 187 Å². The van der Waals surface area contributed by atoms with Crippen molar-refractivity contribution in [3.05, 3.63) is 48.6 Å². The average molecular weight is 612 g/mol. The molecule has 0 amide bonds. The Hall–Kier alpha value is -1.41. The van der Waals surface area contributed by atoms with Crippen molar-refractivity contribution in [3.8, 4) is 0 Å². The number of nitrogens with zero attached hydrogens (tertiary/aromatic N) is 1. The van der Waals surface area contributed by atoms with Crippen molar-refractivity contribution in [2.75, 3.05) is 20.6 Å². The summed E-state index contributed by atoms with van der Waals surface area (Å²) in [6.07, 6.45) is 52.7. The lowest BCUT2D eigenvalue weighted by Crippen LogP contribution is -2.17. The quantitative estimate of drug-likeness (QED) is 0.0533. The van der Waals surface area contributed by atoms with Crippen molar-refractivity contribution in [2.24, 2.45) is 5.92 Å². The number of allylic oxidation sites excluding steroid dienone is 8. The van der Waals surface area contributed by atoms with Gasteiger partial charge in [-0.2, -0.15) is 0 Å². The van der Waals surface area contributed by atoms with E-state index in [4.69, 9.17) is 0 Å². The maximum atomic E-state index is 12.4. The van der Waals surface area contributed by atoms with Crippen molar-refractivity contribution >= 4 is 5.78 Å². The van der Waals surface area contributed by atoms with Crippen LogP contribution in [0.1, 0.15) is 187 Å². The number of Topliss-reactive ketones (excluding diaryl/α,β-unsaturated/α-hetero) is 1. The zero-order valence-electron chi connectivity index (χ0n) is 30.4. The molecule has 0 saturated carbocycles. The topological polar surface area (TPSA) is 20.3 Å². The number of hydrogen-bond acceptors (Lipinski definition) is 2. The predicted molar refractivity (Wildman–Crippen MR) is 200 cm³/mol. The summed E-state index contributed by atoms with van der Waals surface area (Å²) in [5.74, 6) is 1.22. The molecule has 44 heavy (non-hydrogen) atoms. The van der Waals surface area contributed by atoms with Crippen molar-refractivity contribution < 1.29 is 4.79 Å². The number of carbonyl (C=O) groups excluding carboxylic acids is 1. The molecule has 0 radical (unpaired) electrons. The number of hydrogen-bond donors (Lipinski definition) is 0. The molecule has 256 valence electrons. The van der Waals surface area contributed by atoms with E-state index in [0.29, 0.717) is 5.78 Å². The average Bonchev–Trinajstić information content (AvgIpc) is 3.02. The minimum Gasteiger partial charge on any atom is -0.309 e. The lowest BCUT2D eigenvalue weighted by molar-refractivity contribution is -0.119. The van der Waals surface area contributed by atoms with E-state index in [0.717, 1.165) is 44.6 Å². The first-order chi connectivity index (χ1) is 21.6. The monoisotopic (exact) mass is 612 g/mol. The Balaban J connectivity index is 4.01. The second-order valence-electron chi connectivity index (χ2n) is 13.5. The van der Waals surface area contributed by atoms with Crippen molar-refractivity contribution in [1.82, 2.24) is 4.90 Å². The minimum atomic E-state index is 0.465. The van der Waals surface area contributed by atoms with Gasteiger partial charge in [-0.1, -0.05) is 165 Å². The van der Waals surface area contributed by atoms with Gasteiger partial charge in [-0.05, 0) is 77.8 Å². The highest BCUT2D eigenvalue weighted by Crippen LogP contribution is 2.24. The first-order valence-corrected chi connectivity index (χ1v) is 19.4. The Kier molecular flexibility index (Phi) is 34.9. The van der Waals surface area contributed by atoms with Gasteiger partial charge >= 0.3 is 0 Å². The lowest BCUT2D eigenvalue weighted by atomic mass is 9.89. The van der Waals surface area contributed by atoms with Crippen molar-refractivity contribution in [1.29, 1.82) is 0 Å². The van der Waals surface area contributed by atoms with Crippen LogP contribution in [0.2, 0.25) is 0 Å². The number of rotatable bonds is 34. The summed E-state index contributed by atoms with van der Waals surface area (Å²) in [6.45, 7) is 5.40.